The smallest absolute Gasteiger partial charge is 0.277 e. The standard InChI is InChI=1S/C26H20ClN4O3PS/c1-36-26-29-16-17-14-22(21-12-5-6-13-23(21)27)25(32)31(24(17)30-26)18-8-7-11-20(15-18)35(33,34-28)19-9-3-2-4-10-19/h2-16H,28H2,1H3. The molecule has 0 radical (unpaired) electrons. The van der Waals surface area contributed by atoms with Crippen molar-refractivity contribution in [2.45, 2.75) is 5.16 Å². The number of rotatable bonds is 6. The Bertz CT molecular complexity index is 1690. The molecule has 2 aromatic heterocycles. The molecule has 0 aliphatic rings. The summed E-state index contributed by atoms with van der Waals surface area (Å²) in [5.41, 5.74) is 1.51. The van der Waals surface area contributed by atoms with Gasteiger partial charge in [-0.1, -0.05) is 65.8 Å². The topological polar surface area (TPSA) is 100 Å². The van der Waals surface area contributed by atoms with E-state index in [1.54, 1.807) is 79.0 Å². The van der Waals surface area contributed by atoms with Crippen LogP contribution in [0.2, 0.25) is 5.02 Å². The van der Waals surface area contributed by atoms with Crippen LogP contribution in [0.25, 0.3) is 27.8 Å². The van der Waals surface area contributed by atoms with Gasteiger partial charge in [0.05, 0.1) is 5.69 Å². The van der Waals surface area contributed by atoms with Crippen molar-refractivity contribution < 1.29 is 9.19 Å². The van der Waals surface area contributed by atoms with Gasteiger partial charge in [0.2, 0.25) is 0 Å². The van der Waals surface area contributed by atoms with Crippen LogP contribution >= 0.6 is 30.7 Å². The molecule has 5 aromatic rings. The monoisotopic (exact) mass is 534 g/mol. The number of halogens is 1. The van der Waals surface area contributed by atoms with Crippen molar-refractivity contribution in [3.8, 4) is 16.8 Å². The molecule has 0 amide bonds. The Morgan fingerprint density at radius 2 is 1.67 bits per heavy atom. The summed E-state index contributed by atoms with van der Waals surface area (Å²) in [6.07, 6.45) is 3.53. The second-order valence-electron chi connectivity index (χ2n) is 7.83. The summed E-state index contributed by atoms with van der Waals surface area (Å²) in [6.45, 7) is 0. The predicted molar refractivity (Wildman–Crippen MR) is 146 cm³/mol. The lowest BCUT2D eigenvalue weighted by atomic mass is 10.1. The van der Waals surface area contributed by atoms with E-state index in [4.69, 9.17) is 22.1 Å². The summed E-state index contributed by atoms with van der Waals surface area (Å²) in [7, 11) is -3.62. The van der Waals surface area contributed by atoms with Crippen LogP contribution in [0, 0.1) is 0 Å². The summed E-state index contributed by atoms with van der Waals surface area (Å²) in [6, 6.07) is 24.3. The van der Waals surface area contributed by atoms with E-state index in [0.29, 0.717) is 48.6 Å². The molecule has 10 heteroatoms. The van der Waals surface area contributed by atoms with Crippen LogP contribution in [0.15, 0.2) is 101 Å². The van der Waals surface area contributed by atoms with Gasteiger partial charge in [0.15, 0.2) is 10.8 Å². The molecule has 0 aliphatic carbocycles. The van der Waals surface area contributed by atoms with Crippen molar-refractivity contribution in [3.63, 3.8) is 0 Å². The molecule has 36 heavy (non-hydrogen) atoms. The molecule has 3 aromatic carbocycles. The maximum absolute atomic E-state index is 13.9. The minimum atomic E-state index is -3.62. The fourth-order valence-electron chi connectivity index (χ4n) is 4.00. The van der Waals surface area contributed by atoms with E-state index < -0.39 is 7.37 Å². The summed E-state index contributed by atoms with van der Waals surface area (Å²) in [5, 5.41) is 2.39. The van der Waals surface area contributed by atoms with Crippen molar-refractivity contribution in [1.82, 2.24) is 14.5 Å². The Labute approximate surface area is 216 Å². The first kappa shape index (κ1) is 24.4. The largest absolute Gasteiger partial charge is 0.281 e. The van der Waals surface area contributed by atoms with E-state index in [-0.39, 0.29) is 5.56 Å². The van der Waals surface area contributed by atoms with Crippen LogP contribution in [-0.4, -0.2) is 20.8 Å². The molecule has 0 saturated carbocycles. The number of thioether (sulfide) groups is 1. The zero-order valence-corrected chi connectivity index (χ0v) is 21.5. The molecule has 2 N–H and O–H groups in total. The maximum Gasteiger partial charge on any atom is 0.277 e. The van der Waals surface area contributed by atoms with Gasteiger partial charge in [-0.15, -0.1) is 0 Å². The van der Waals surface area contributed by atoms with Crippen molar-refractivity contribution >= 4 is 52.4 Å². The molecule has 2 heterocycles. The fourth-order valence-corrected chi connectivity index (χ4v) is 6.27. The summed E-state index contributed by atoms with van der Waals surface area (Å²) in [5.74, 6) is 5.57. The van der Waals surface area contributed by atoms with Gasteiger partial charge in [0.1, 0.15) is 0 Å². The average Bonchev–Trinajstić information content (AvgIpc) is 2.93. The van der Waals surface area contributed by atoms with E-state index >= 15 is 0 Å². The van der Waals surface area contributed by atoms with Gasteiger partial charge in [-0.25, -0.2) is 20.5 Å². The number of hydrogen-bond donors (Lipinski definition) is 1. The van der Waals surface area contributed by atoms with E-state index in [1.165, 1.54) is 16.3 Å². The Kier molecular flexibility index (Phi) is 6.79. The lowest BCUT2D eigenvalue weighted by Gasteiger charge is -2.18. The van der Waals surface area contributed by atoms with Gasteiger partial charge < -0.3 is 0 Å². The third-order valence-corrected chi connectivity index (χ3v) is 8.86. The van der Waals surface area contributed by atoms with Gasteiger partial charge in [0, 0.05) is 38.3 Å². The Hall–Kier alpha value is -3.26. The Morgan fingerprint density at radius 1 is 0.944 bits per heavy atom. The summed E-state index contributed by atoms with van der Waals surface area (Å²) in [4.78, 5) is 22.9. The molecule has 180 valence electrons. The minimum absolute atomic E-state index is 0.332. The molecule has 7 nitrogen and oxygen atoms in total. The van der Waals surface area contributed by atoms with E-state index in [0.717, 1.165) is 0 Å². The normalized spacial score (nSPS) is 13.0. The third kappa shape index (κ3) is 4.28. The van der Waals surface area contributed by atoms with Crippen LogP contribution in [0.4, 0.5) is 0 Å². The summed E-state index contributed by atoms with van der Waals surface area (Å²) >= 11 is 7.81. The maximum atomic E-state index is 13.9. The first-order valence-corrected chi connectivity index (χ1v) is 14.1. The Balaban J connectivity index is 1.81. The highest BCUT2D eigenvalue weighted by Gasteiger charge is 2.29. The SMILES string of the molecule is CSc1ncc2cc(-c3ccccc3Cl)c(=O)n(-c3cccc(P(=O)(ON)c4ccccc4)c3)c2n1. The fraction of sp³-hybridized carbons (Fsp3) is 0.0385. The second-order valence-corrected chi connectivity index (χ2v) is 11.4. The van der Waals surface area contributed by atoms with Gasteiger partial charge in [-0.2, -0.15) is 0 Å². The highest BCUT2D eigenvalue weighted by Crippen LogP contribution is 2.43. The number of benzene rings is 3. The van der Waals surface area contributed by atoms with E-state index in [1.807, 2.05) is 18.4 Å². The first-order chi connectivity index (χ1) is 17.5. The molecule has 0 bridgehead atoms. The zero-order chi connectivity index (χ0) is 25.3. The van der Waals surface area contributed by atoms with Crippen molar-refractivity contribution in [3.05, 3.63) is 107 Å². The second kappa shape index (κ2) is 10.0. The first-order valence-electron chi connectivity index (χ1n) is 10.8. The van der Waals surface area contributed by atoms with Crippen LogP contribution in [-0.2, 0) is 9.19 Å². The molecule has 0 saturated heterocycles. The van der Waals surface area contributed by atoms with Crippen molar-refractivity contribution in [1.29, 1.82) is 0 Å². The molecule has 1 atom stereocenters. The van der Waals surface area contributed by atoms with Gasteiger partial charge in [-0.3, -0.25) is 13.9 Å². The number of hydrogen-bond acceptors (Lipinski definition) is 7. The predicted octanol–water partition coefficient (Wildman–Crippen LogP) is 4.94. The van der Waals surface area contributed by atoms with E-state index in [9.17, 15) is 9.36 Å². The molecular formula is C26H20ClN4O3PS. The average molecular weight is 535 g/mol. The molecule has 1 unspecified atom stereocenters. The number of aromatic nitrogens is 3. The minimum Gasteiger partial charge on any atom is -0.281 e. The van der Waals surface area contributed by atoms with Crippen LogP contribution < -0.4 is 22.1 Å². The van der Waals surface area contributed by atoms with Crippen LogP contribution in [0.5, 0.6) is 0 Å². The highest BCUT2D eigenvalue weighted by molar-refractivity contribution is 7.98. The quantitative estimate of drug-likeness (QED) is 0.142. The summed E-state index contributed by atoms with van der Waals surface area (Å²) < 4.78 is 20.4. The molecule has 0 aliphatic heterocycles. The molecule has 5 rings (SSSR count). The number of nitrogens with two attached hydrogens (primary N) is 1. The van der Waals surface area contributed by atoms with E-state index in [2.05, 4.69) is 9.97 Å². The molecule has 0 spiro atoms. The number of fused-ring (bicyclic) bond motifs is 1. The van der Waals surface area contributed by atoms with Gasteiger partial charge in [-0.05, 0) is 48.7 Å². The zero-order valence-electron chi connectivity index (χ0n) is 19.0. The lowest BCUT2D eigenvalue weighted by Crippen LogP contribution is -2.24. The Morgan fingerprint density at radius 3 is 2.39 bits per heavy atom. The number of nitrogens with zero attached hydrogens (tertiary/aromatic N) is 3. The van der Waals surface area contributed by atoms with Crippen LogP contribution in [0.3, 0.4) is 0 Å². The number of pyridine rings is 1. The molecular weight excluding hydrogens is 515 g/mol. The van der Waals surface area contributed by atoms with Crippen LogP contribution in [0.1, 0.15) is 0 Å². The van der Waals surface area contributed by atoms with Gasteiger partial charge >= 0.3 is 0 Å². The van der Waals surface area contributed by atoms with Crippen molar-refractivity contribution in [2.75, 3.05) is 6.26 Å². The third-order valence-electron chi connectivity index (χ3n) is 5.74. The molecule has 0 fully saturated rings. The van der Waals surface area contributed by atoms with Crippen molar-refractivity contribution in [2.24, 2.45) is 5.90 Å². The highest BCUT2D eigenvalue weighted by atomic mass is 35.5. The lowest BCUT2D eigenvalue weighted by molar-refractivity contribution is 0.343. The van der Waals surface area contributed by atoms with Gasteiger partial charge in [0.25, 0.3) is 12.9 Å².